The fraction of sp³-hybridized carbons (Fsp3) is 0.571. The van der Waals surface area contributed by atoms with E-state index in [1.54, 1.807) is 0 Å². The van der Waals surface area contributed by atoms with E-state index < -0.39 is 0 Å². The third-order valence-electron chi connectivity index (χ3n) is 2.95. The summed E-state index contributed by atoms with van der Waals surface area (Å²) < 4.78 is 11.3. The van der Waals surface area contributed by atoms with Crippen LogP contribution in [0.2, 0.25) is 0 Å². The largest absolute Gasteiger partial charge is 0.465 e. The smallest absolute Gasteiger partial charge is 0.199 e. The standard InChI is InChI=1S/C14H20O2/c1-11(2)12-6-8-13(9-7-12)16-14-5-3-4-10-15-14/h6-9,11,14H,3-5,10H2,1-2H3. The average molecular weight is 220 g/mol. The minimum Gasteiger partial charge on any atom is -0.465 e. The molecule has 1 unspecified atom stereocenters. The lowest BCUT2D eigenvalue weighted by Gasteiger charge is -2.23. The van der Waals surface area contributed by atoms with Gasteiger partial charge in [-0.2, -0.15) is 0 Å². The van der Waals surface area contributed by atoms with Gasteiger partial charge in [-0.15, -0.1) is 0 Å². The number of ether oxygens (including phenoxy) is 2. The van der Waals surface area contributed by atoms with Crippen LogP contribution in [0.25, 0.3) is 0 Å². The van der Waals surface area contributed by atoms with Gasteiger partial charge in [-0.3, -0.25) is 0 Å². The molecule has 1 fully saturated rings. The first-order chi connectivity index (χ1) is 7.75. The molecule has 88 valence electrons. The summed E-state index contributed by atoms with van der Waals surface area (Å²) in [5, 5.41) is 0. The van der Waals surface area contributed by atoms with Gasteiger partial charge >= 0.3 is 0 Å². The second-order valence-corrected chi connectivity index (χ2v) is 4.64. The normalized spacial score (nSPS) is 21.1. The van der Waals surface area contributed by atoms with Crippen LogP contribution in [0, 0.1) is 0 Å². The Balaban J connectivity index is 1.93. The molecular formula is C14H20O2. The van der Waals surface area contributed by atoms with E-state index in [2.05, 4.69) is 26.0 Å². The Labute approximate surface area is 97.6 Å². The molecular weight excluding hydrogens is 200 g/mol. The summed E-state index contributed by atoms with van der Waals surface area (Å²) >= 11 is 0. The Morgan fingerprint density at radius 2 is 1.94 bits per heavy atom. The van der Waals surface area contributed by atoms with E-state index in [1.807, 2.05) is 12.1 Å². The SMILES string of the molecule is CC(C)c1ccc(OC2CCCCO2)cc1. The van der Waals surface area contributed by atoms with Crippen LogP contribution in [-0.4, -0.2) is 12.9 Å². The zero-order chi connectivity index (χ0) is 11.4. The first-order valence-corrected chi connectivity index (χ1v) is 6.14. The lowest BCUT2D eigenvalue weighted by molar-refractivity contribution is -0.105. The Kier molecular flexibility index (Phi) is 3.83. The Morgan fingerprint density at radius 3 is 2.50 bits per heavy atom. The van der Waals surface area contributed by atoms with Gasteiger partial charge in [0.2, 0.25) is 0 Å². The molecule has 0 aromatic heterocycles. The quantitative estimate of drug-likeness (QED) is 0.773. The summed E-state index contributed by atoms with van der Waals surface area (Å²) in [5.41, 5.74) is 1.34. The third-order valence-corrected chi connectivity index (χ3v) is 2.95. The zero-order valence-corrected chi connectivity index (χ0v) is 10.1. The van der Waals surface area contributed by atoms with Crippen molar-refractivity contribution in [2.45, 2.75) is 45.3 Å². The number of benzene rings is 1. The second-order valence-electron chi connectivity index (χ2n) is 4.64. The van der Waals surface area contributed by atoms with Gasteiger partial charge in [0.05, 0.1) is 6.61 Å². The van der Waals surface area contributed by atoms with Crippen molar-refractivity contribution >= 4 is 0 Å². The van der Waals surface area contributed by atoms with E-state index in [4.69, 9.17) is 9.47 Å². The Morgan fingerprint density at radius 1 is 1.19 bits per heavy atom. The van der Waals surface area contributed by atoms with Crippen molar-refractivity contribution < 1.29 is 9.47 Å². The lowest BCUT2D eigenvalue weighted by Crippen LogP contribution is -2.24. The van der Waals surface area contributed by atoms with Crippen molar-refractivity contribution in [1.82, 2.24) is 0 Å². The molecule has 0 N–H and O–H groups in total. The predicted molar refractivity (Wildman–Crippen MR) is 64.8 cm³/mol. The minimum absolute atomic E-state index is 0.0429. The minimum atomic E-state index is -0.0429. The highest BCUT2D eigenvalue weighted by Crippen LogP contribution is 2.22. The fourth-order valence-electron chi connectivity index (χ4n) is 1.89. The van der Waals surface area contributed by atoms with Crippen molar-refractivity contribution in [3.63, 3.8) is 0 Å². The van der Waals surface area contributed by atoms with Crippen LogP contribution in [0.1, 0.15) is 44.6 Å². The highest BCUT2D eigenvalue weighted by Gasteiger charge is 2.14. The van der Waals surface area contributed by atoms with Gasteiger partial charge < -0.3 is 9.47 Å². The second kappa shape index (κ2) is 5.35. The van der Waals surface area contributed by atoms with E-state index >= 15 is 0 Å². The molecule has 2 heteroatoms. The molecule has 0 amide bonds. The van der Waals surface area contributed by atoms with Crippen LogP contribution in [0.4, 0.5) is 0 Å². The molecule has 1 aromatic rings. The van der Waals surface area contributed by atoms with Gasteiger partial charge in [-0.05, 0) is 36.5 Å². The molecule has 1 atom stereocenters. The van der Waals surface area contributed by atoms with Gasteiger partial charge in [0, 0.05) is 6.42 Å². The van der Waals surface area contributed by atoms with Crippen LogP contribution in [0.3, 0.4) is 0 Å². The summed E-state index contributed by atoms with van der Waals surface area (Å²) in [6.07, 6.45) is 3.32. The maximum absolute atomic E-state index is 5.77. The van der Waals surface area contributed by atoms with E-state index in [0.717, 1.165) is 25.2 Å². The predicted octanol–water partition coefficient (Wildman–Crippen LogP) is 3.72. The highest BCUT2D eigenvalue weighted by atomic mass is 16.7. The van der Waals surface area contributed by atoms with Gasteiger partial charge in [0.15, 0.2) is 6.29 Å². The molecule has 0 spiro atoms. The summed E-state index contributed by atoms with van der Waals surface area (Å²) in [5.74, 6) is 1.48. The monoisotopic (exact) mass is 220 g/mol. The maximum Gasteiger partial charge on any atom is 0.199 e. The van der Waals surface area contributed by atoms with Gasteiger partial charge in [-0.25, -0.2) is 0 Å². The van der Waals surface area contributed by atoms with Crippen molar-refractivity contribution in [1.29, 1.82) is 0 Å². The fourth-order valence-corrected chi connectivity index (χ4v) is 1.89. The molecule has 0 radical (unpaired) electrons. The molecule has 1 aliphatic rings. The molecule has 2 nitrogen and oxygen atoms in total. The summed E-state index contributed by atoms with van der Waals surface area (Å²) in [6.45, 7) is 5.22. The zero-order valence-electron chi connectivity index (χ0n) is 10.1. The molecule has 0 saturated carbocycles. The van der Waals surface area contributed by atoms with Crippen LogP contribution in [0.5, 0.6) is 5.75 Å². The Bertz CT molecular complexity index is 310. The van der Waals surface area contributed by atoms with Gasteiger partial charge in [0.25, 0.3) is 0 Å². The number of hydrogen-bond acceptors (Lipinski definition) is 2. The van der Waals surface area contributed by atoms with Crippen molar-refractivity contribution in [3.05, 3.63) is 29.8 Å². The molecule has 0 bridgehead atoms. The average Bonchev–Trinajstić information content (AvgIpc) is 2.31. The molecule has 2 rings (SSSR count). The Hall–Kier alpha value is -1.02. The van der Waals surface area contributed by atoms with Crippen LogP contribution >= 0.6 is 0 Å². The topological polar surface area (TPSA) is 18.5 Å². The lowest BCUT2D eigenvalue weighted by atomic mass is 10.0. The van der Waals surface area contributed by atoms with Crippen LogP contribution in [-0.2, 0) is 4.74 Å². The molecule has 16 heavy (non-hydrogen) atoms. The first kappa shape index (κ1) is 11.5. The van der Waals surface area contributed by atoms with Crippen molar-refractivity contribution in [3.8, 4) is 5.75 Å². The van der Waals surface area contributed by atoms with E-state index in [0.29, 0.717) is 5.92 Å². The van der Waals surface area contributed by atoms with E-state index in [1.165, 1.54) is 12.0 Å². The summed E-state index contributed by atoms with van der Waals surface area (Å²) in [7, 11) is 0. The molecule has 1 aliphatic heterocycles. The molecule has 1 heterocycles. The van der Waals surface area contributed by atoms with Crippen LogP contribution in [0.15, 0.2) is 24.3 Å². The van der Waals surface area contributed by atoms with Gasteiger partial charge in [-0.1, -0.05) is 26.0 Å². The highest BCUT2D eigenvalue weighted by molar-refractivity contribution is 5.28. The summed E-state index contributed by atoms with van der Waals surface area (Å²) in [6, 6.07) is 8.33. The molecule has 0 aliphatic carbocycles. The summed E-state index contributed by atoms with van der Waals surface area (Å²) in [4.78, 5) is 0. The third kappa shape index (κ3) is 2.99. The van der Waals surface area contributed by atoms with Crippen molar-refractivity contribution in [2.75, 3.05) is 6.61 Å². The number of hydrogen-bond donors (Lipinski definition) is 0. The van der Waals surface area contributed by atoms with Crippen LogP contribution < -0.4 is 4.74 Å². The number of rotatable bonds is 3. The van der Waals surface area contributed by atoms with E-state index in [-0.39, 0.29) is 6.29 Å². The first-order valence-electron chi connectivity index (χ1n) is 6.14. The molecule has 1 aromatic carbocycles. The van der Waals surface area contributed by atoms with Crippen molar-refractivity contribution in [2.24, 2.45) is 0 Å². The van der Waals surface area contributed by atoms with Gasteiger partial charge in [0.1, 0.15) is 5.75 Å². The van der Waals surface area contributed by atoms with E-state index in [9.17, 15) is 0 Å². The maximum atomic E-state index is 5.77. The molecule has 1 saturated heterocycles.